The zero-order valence-electron chi connectivity index (χ0n) is 15.8. The van der Waals surface area contributed by atoms with E-state index in [9.17, 15) is 4.79 Å². The van der Waals surface area contributed by atoms with Crippen LogP contribution < -0.4 is 15.0 Å². The standard InChI is InChI=1S/C19H24N6O2/c1-4-24(5-2)18-16-11-23-25(19(16)22-13-21-18)12-17(26)20-10-14-7-6-8-15(9-14)27-3/h6-9,11,13H,4-5,10,12H2,1-3H3,(H,20,26). The van der Waals surface area contributed by atoms with Crippen molar-refractivity contribution in [2.45, 2.75) is 26.9 Å². The second-order valence-corrected chi connectivity index (χ2v) is 6.04. The highest BCUT2D eigenvalue weighted by atomic mass is 16.5. The smallest absolute Gasteiger partial charge is 0.242 e. The van der Waals surface area contributed by atoms with Crippen molar-refractivity contribution in [3.63, 3.8) is 0 Å². The van der Waals surface area contributed by atoms with Gasteiger partial charge in [-0.2, -0.15) is 5.10 Å². The first-order valence-corrected chi connectivity index (χ1v) is 8.97. The number of benzene rings is 1. The van der Waals surface area contributed by atoms with E-state index in [4.69, 9.17) is 4.74 Å². The van der Waals surface area contributed by atoms with E-state index >= 15 is 0 Å². The van der Waals surface area contributed by atoms with Gasteiger partial charge in [-0.05, 0) is 31.5 Å². The molecule has 1 N–H and O–H groups in total. The molecule has 142 valence electrons. The number of carbonyl (C=O) groups excluding carboxylic acids is 1. The van der Waals surface area contributed by atoms with Gasteiger partial charge in [-0.25, -0.2) is 14.6 Å². The van der Waals surface area contributed by atoms with Crippen LogP contribution in [0.25, 0.3) is 11.0 Å². The maximum absolute atomic E-state index is 12.4. The van der Waals surface area contributed by atoms with Crippen LogP contribution in [0.5, 0.6) is 5.75 Å². The minimum Gasteiger partial charge on any atom is -0.497 e. The summed E-state index contributed by atoms with van der Waals surface area (Å²) in [6.45, 7) is 6.36. The van der Waals surface area contributed by atoms with E-state index in [1.54, 1.807) is 18.0 Å². The topological polar surface area (TPSA) is 85.2 Å². The molecule has 0 aliphatic rings. The molecule has 1 aromatic carbocycles. The summed E-state index contributed by atoms with van der Waals surface area (Å²) >= 11 is 0. The largest absolute Gasteiger partial charge is 0.497 e. The molecule has 0 saturated carbocycles. The SMILES string of the molecule is CCN(CC)c1ncnc2c1cnn2CC(=O)NCc1cccc(OC)c1. The average Bonchev–Trinajstić information content (AvgIpc) is 3.11. The van der Waals surface area contributed by atoms with Crippen LogP contribution in [0.15, 0.2) is 36.8 Å². The van der Waals surface area contributed by atoms with Gasteiger partial charge in [0.2, 0.25) is 5.91 Å². The molecular formula is C19H24N6O2. The normalized spacial score (nSPS) is 10.8. The number of rotatable bonds is 8. The van der Waals surface area contributed by atoms with E-state index in [-0.39, 0.29) is 12.5 Å². The molecule has 3 aromatic rings. The summed E-state index contributed by atoms with van der Waals surface area (Å²) in [4.78, 5) is 23.2. The third-order valence-electron chi connectivity index (χ3n) is 4.39. The summed E-state index contributed by atoms with van der Waals surface area (Å²) in [5.74, 6) is 1.47. The number of hydrogen-bond acceptors (Lipinski definition) is 6. The maximum atomic E-state index is 12.4. The fourth-order valence-corrected chi connectivity index (χ4v) is 2.95. The van der Waals surface area contributed by atoms with Crippen molar-refractivity contribution in [1.29, 1.82) is 0 Å². The number of nitrogens with zero attached hydrogens (tertiary/aromatic N) is 5. The molecule has 0 saturated heterocycles. The molecule has 27 heavy (non-hydrogen) atoms. The van der Waals surface area contributed by atoms with Crippen LogP contribution in [0.3, 0.4) is 0 Å². The molecule has 2 heterocycles. The Labute approximate surface area is 158 Å². The van der Waals surface area contributed by atoms with Gasteiger partial charge < -0.3 is 15.0 Å². The Bertz CT molecular complexity index is 919. The highest BCUT2D eigenvalue weighted by molar-refractivity contribution is 5.87. The molecule has 0 radical (unpaired) electrons. The maximum Gasteiger partial charge on any atom is 0.242 e. The van der Waals surface area contributed by atoms with Crippen molar-refractivity contribution in [3.8, 4) is 5.75 Å². The lowest BCUT2D eigenvalue weighted by atomic mass is 10.2. The Balaban J connectivity index is 1.71. The molecule has 0 unspecified atom stereocenters. The molecule has 0 spiro atoms. The van der Waals surface area contributed by atoms with E-state index in [2.05, 4.69) is 39.1 Å². The summed E-state index contributed by atoms with van der Waals surface area (Å²) < 4.78 is 6.80. The predicted octanol–water partition coefficient (Wildman–Crippen LogP) is 2.00. The Hall–Kier alpha value is -3.16. The Kier molecular flexibility index (Phi) is 5.85. The van der Waals surface area contributed by atoms with Gasteiger partial charge in [0.05, 0.1) is 18.7 Å². The average molecular weight is 368 g/mol. The molecule has 1 amide bonds. The van der Waals surface area contributed by atoms with Gasteiger partial charge in [0.25, 0.3) is 0 Å². The van der Waals surface area contributed by atoms with Crippen molar-refractivity contribution in [2.75, 3.05) is 25.1 Å². The van der Waals surface area contributed by atoms with E-state index in [1.807, 2.05) is 24.3 Å². The number of ether oxygens (including phenoxy) is 1. The van der Waals surface area contributed by atoms with E-state index in [0.717, 1.165) is 35.6 Å². The molecule has 0 aliphatic carbocycles. The van der Waals surface area contributed by atoms with Crippen molar-refractivity contribution >= 4 is 22.8 Å². The van der Waals surface area contributed by atoms with Crippen LogP contribution in [-0.2, 0) is 17.9 Å². The molecule has 8 nitrogen and oxygen atoms in total. The van der Waals surface area contributed by atoms with Crippen LogP contribution in [0.1, 0.15) is 19.4 Å². The monoisotopic (exact) mass is 368 g/mol. The molecule has 0 atom stereocenters. The number of fused-ring (bicyclic) bond motifs is 1. The second kappa shape index (κ2) is 8.48. The van der Waals surface area contributed by atoms with Crippen molar-refractivity contribution in [3.05, 3.63) is 42.4 Å². The van der Waals surface area contributed by atoms with E-state index in [0.29, 0.717) is 12.2 Å². The van der Waals surface area contributed by atoms with Gasteiger partial charge >= 0.3 is 0 Å². The predicted molar refractivity (Wildman–Crippen MR) is 104 cm³/mol. The number of anilines is 1. The quantitative estimate of drug-likeness (QED) is 0.655. The highest BCUT2D eigenvalue weighted by Gasteiger charge is 2.15. The fraction of sp³-hybridized carbons (Fsp3) is 0.368. The highest BCUT2D eigenvalue weighted by Crippen LogP contribution is 2.22. The summed E-state index contributed by atoms with van der Waals surface area (Å²) in [6.07, 6.45) is 3.24. The molecule has 8 heteroatoms. The van der Waals surface area contributed by atoms with E-state index in [1.165, 1.54) is 6.33 Å². The van der Waals surface area contributed by atoms with Crippen LogP contribution >= 0.6 is 0 Å². The van der Waals surface area contributed by atoms with Gasteiger partial charge in [0.1, 0.15) is 24.4 Å². The van der Waals surface area contributed by atoms with Crippen LogP contribution in [0.4, 0.5) is 5.82 Å². The summed E-state index contributed by atoms with van der Waals surface area (Å²) in [7, 11) is 1.62. The first kappa shape index (κ1) is 18.6. The first-order valence-electron chi connectivity index (χ1n) is 8.97. The second-order valence-electron chi connectivity index (χ2n) is 6.04. The molecule has 3 rings (SSSR count). The number of hydrogen-bond donors (Lipinski definition) is 1. The Morgan fingerprint density at radius 2 is 2.07 bits per heavy atom. The minimum atomic E-state index is -0.133. The Morgan fingerprint density at radius 3 is 2.81 bits per heavy atom. The van der Waals surface area contributed by atoms with Crippen LogP contribution in [0, 0.1) is 0 Å². The van der Waals surface area contributed by atoms with Crippen molar-refractivity contribution in [1.82, 2.24) is 25.1 Å². The lowest BCUT2D eigenvalue weighted by Crippen LogP contribution is -2.27. The third kappa shape index (κ3) is 4.16. The minimum absolute atomic E-state index is 0.0994. The lowest BCUT2D eigenvalue weighted by Gasteiger charge is -2.19. The molecular weight excluding hydrogens is 344 g/mol. The van der Waals surface area contributed by atoms with Gasteiger partial charge in [0, 0.05) is 19.6 Å². The van der Waals surface area contributed by atoms with E-state index < -0.39 is 0 Å². The van der Waals surface area contributed by atoms with Gasteiger partial charge in [0.15, 0.2) is 5.65 Å². The van der Waals surface area contributed by atoms with Gasteiger partial charge in [-0.3, -0.25) is 4.79 Å². The molecule has 0 fully saturated rings. The van der Waals surface area contributed by atoms with Gasteiger partial charge in [-0.1, -0.05) is 12.1 Å². The first-order chi connectivity index (χ1) is 13.2. The van der Waals surface area contributed by atoms with Crippen LogP contribution in [-0.4, -0.2) is 45.9 Å². The van der Waals surface area contributed by atoms with Crippen LogP contribution in [0.2, 0.25) is 0 Å². The zero-order valence-corrected chi connectivity index (χ0v) is 15.8. The fourth-order valence-electron chi connectivity index (χ4n) is 2.95. The Morgan fingerprint density at radius 1 is 1.26 bits per heavy atom. The lowest BCUT2D eigenvalue weighted by molar-refractivity contribution is -0.121. The summed E-state index contributed by atoms with van der Waals surface area (Å²) in [5.41, 5.74) is 1.63. The van der Waals surface area contributed by atoms with Crippen molar-refractivity contribution < 1.29 is 9.53 Å². The number of nitrogens with one attached hydrogen (secondary N) is 1. The summed E-state index contributed by atoms with van der Waals surface area (Å²) in [5, 5.41) is 8.09. The molecule has 0 aliphatic heterocycles. The number of aromatic nitrogens is 4. The zero-order chi connectivity index (χ0) is 19.2. The summed E-state index contributed by atoms with van der Waals surface area (Å²) in [6, 6.07) is 7.60. The molecule has 2 aromatic heterocycles. The third-order valence-corrected chi connectivity index (χ3v) is 4.39. The number of amides is 1. The number of methoxy groups -OCH3 is 1. The number of carbonyl (C=O) groups is 1. The molecule has 0 bridgehead atoms. The van der Waals surface area contributed by atoms with Crippen molar-refractivity contribution in [2.24, 2.45) is 0 Å². The van der Waals surface area contributed by atoms with Gasteiger partial charge in [-0.15, -0.1) is 0 Å².